The van der Waals surface area contributed by atoms with E-state index in [0.717, 1.165) is 40.6 Å². The lowest BCUT2D eigenvalue weighted by molar-refractivity contribution is -0.120. The van der Waals surface area contributed by atoms with Crippen LogP contribution in [0.4, 0.5) is 10.5 Å². The third kappa shape index (κ3) is 7.27. The molecule has 37 heavy (non-hydrogen) atoms. The maximum absolute atomic E-state index is 13.0. The molecule has 1 heterocycles. The second-order valence-electron chi connectivity index (χ2n) is 9.41. The highest BCUT2D eigenvalue weighted by molar-refractivity contribution is 5.98. The van der Waals surface area contributed by atoms with Crippen molar-refractivity contribution in [2.24, 2.45) is 11.7 Å². The van der Waals surface area contributed by atoms with Gasteiger partial charge in [0.15, 0.2) is 0 Å². The Kier molecular flexibility index (Phi) is 9.57. The Bertz CT molecular complexity index is 1240. The van der Waals surface area contributed by atoms with Gasteiger partial charge in [-0.05, 0) is 48.6 Å². The predicted molar refractivity (Wildman–Crippen MR) is 147 cm³/mol. The molecule has 3 aromatic carbocycles. The van der Waals surface area contributed by atoms with E-state index in [1.807, 2.05) is 68.4 Å². The molecule has 0 radical (unpaired) electrons. The van der Waals surface area contributed by atoms with Crippen LogP contribution in [0.3, 0.4) is 0 Å². The highest BCUT2D eigenvalue weighted by Crippen LogP contribution is 2.32. The number of amides is 2. The largest absolute Gasteiger partial charge is 0.412 e. The molecule has 194 valence electrons. The van der Waals surface area contributed by atoms with E-state index in [1.54, 1.807) is 11.0 Å². The van der Waals surface area contributed by atoms with Gasteiger partial charge in [0.05, 0.1) is 12.6 Å². The summed E-state index contributed by atoms with van der Waals surface area (Å²) >= 11 is 0. The zero-order valence-electron chi connectivity index (χ0n) is 21.9. The summed E-state index contributed by atoms with van der Waals surface area (Å²) in [7, 11) is 1.52. The number of hydrogen-bond acceptors (Lipinski definition) is 5. The van der Waals surface area contributed by atoms with E-state index in [2.05, 4.69) is 18.3 Å². The summed E-state index contributed by atoms with van der Waals surface area (Å²) in [5.74, 6) is 0.633. The number of para-hydroxylation sites is 1. The minimum Gasteiger partial charge on any atom is -0.410 e. The van der Waals surface area contributed by atoms with Gasteiger partial charge < -0.3 is 25.5 Å². The molecule has 7 nitrogen and oxygen atoms in total. The smallest absolute Gasteiger partial charge is 0.410 e. The summed E-state index contributed by atoms with van der Waals surface area (Å²) in [6.45, 7) is 6.21. The van der Waals surface area contributed by atoms with Crippen molar-refractivity contribution < 1.29 is 19.1 Å². The fourth-order valence-corrected chi connectivity index (χ4v) is 4.01. The van der Waals surface area contributed by atoms with E-state index in [-0.39, 0.29) is 11.8 Å². The molecule has 1 aliphatic heterocycles. The number of fused-ring (bicyclic) bond motifs is 1. The number of nitrogens with zero attached hydrogens (tertiary/aromatic N) is 1. The molecule has 0 spiro atoms. The van der Waals surface area contributed by atoms with Gasteiger partial charge in [-0.15, -0.1) is 0 Å². The van der Waals surface area contributed by atoms with Crippen LogP contribution < -0.4 is 20.7 Å². The molecule has 0 saturated heterocycles. The van der Waals surface area contributed by atoms with Crippen LogP contribution in [0, 0.1) is 12.8 Å². The van der Waals surface area contributed by atoms with Gasteiger partial charge in [-0.3, -0.25) is 4.79 Å². The van der Waals surface area contributed by atoms with E-state index in [1.165, 1.54) is 12.6 Å². The predicted octanol–water partition coefficient (Wildman–Crippen LogP) is 5.03. The fourth-order valence-electron chi connectivity index (χ4n) is 4.01. The van der Waals surface area contributed by atoms with Crippen LogP contribution in [-0.4, -0.2) is 31.4 Å². The summed E-state index contributed by atoms with van der Waals surface area (Å²) in [4.78, 5) is 36.0. The zero-order valence-corrected chi connectivity index (χ0v) is 21.9. The molecule has 1 aliphatic rings. The molecule has 4 rings (SSSR count). The number of hydrogen-bond donors (Lipinski definition) is 2. The lowest BCUT2D eigenvalue weighted by Crippen LogP contribution is -2.42. The summed E-state index contributed by atoms with van der Waals surface area (Å²) < 4.78 is 5.37. The highest BCUT2D eigenvalue weighted by Gasteiger charge is 2.28. The minimum absolute atomic E-state index is 0.0546. The Morgan fingerprint density at radius 1 is 1.14 bits per heavy atom. The first kappa shape index (κ1) is 27.6. The normalized spacial score (nSPS) is 14.7. The van der Waals surface area contributed by atoms with E-state index in [4.69, 9.17) is 10.5 Å². The molecule has 3 aromatic rings. The third-order valence-electron chi connectivity index (χ3n) is 6.01. The van der Waals surface area contributed by atoms with Gasteiger partial charge in [-0.2, -0.15) is 0 Å². The molecule has 0 unspecified atom stereocenters. The molecule has 0 saturated carbocycles. The SMILES string of the molecule is CC(C)C=O.CNC(=O)Oc1ccccc1-c1ccc(CN2C(=O)[C@H](N)CCc3cc(C)ccc32)cc1. The number of carbonyl (C=O) groups is 3. The van der Waals surface area contributed by atoms with Gasteiger partial charge >= 0.3 is 6.09 Å². The number of benzene rings is 3. The van der Waals surface area contributed by atoms with Crippen molar-refractivity contribution in [3.8, 4) is 16.9 Å². The van der Waals surface area contributed by atoms with E-state index < -0.39 is 12.1 Å². The van der Waals surface area contributed by atoms with Crippen LogP contribution >= 0.6 is 0 Å². The molecule has 0 fully saturated rings. The lowest BCUT2D eigenvalue weighted by Gasteiger charge is -2.25. The first-order valence-corrected chi connectivity index (χ1v) is 12.4. The van der Waals surface area contributed by atoms with Crippen molar-refractivity contribution >= 4 is 24.0 Å². The molecule has 0 bridgehead atoms. The van der Waals surface area contributed by atoms with Crippen LogP contribution in [-0.2, 0) is 22.6 Å². The molecule has 0 aliphatic carbocycles. The number of aldehydes is 1. The molecule has 3 N–H and O–H groups in total. The molecular weight excluding hydrogens is 466 g/mol. The van der Waals surface area contributed by atoms with E-state index in [0.29, 0.717) is 18.7 Å². The topological polar surface area (TPSA) is 102 Å². The summed E-state index contributed by atoms with van der Waals surface area (Å²) in [5, 5.41) is 2.46. The van der Waals surface area contributed by atoms with Crippen molar-refractivity contribution in [2.75, 3.05) is 11.9 Å². The number of ether oxygens (including phenoxy) is 1. The maximum Gasteiger partial charge on any atom is 0.412 e. The summed E-state index contributed by atoms with van der Waals surface area (Å²) in [5.41, 5.74) is 12.2. The van der Waals surface area contributed by atoms with Crippen LogP contribution in [0.15, 0.2) is 66.7 Å². The summed E-state index contributed by atoms with van der Waals surface area (Å²) in [6.07, 6.45) is 1.84. The molecule has 1 atom stereocenters. The molecule has 7 heteroatoms. The average Bonchev–Trinajstić information content (AvgIpc) is 3.01. The van der Waals surface area contributed by atoms with Crippen LogP contribution in [0.2, 0.25) is 0 Å². The standard InChI is InChI=1S/C26H27N3O3.C4H8O/c1-17-7-14-23-20(15-17)12-13-22(27)25(30)29(23)16-18-8-10-19(11-9-18)21-5-3-4-6-24(21)32-26(31)28-2;1-4(2)3-5/h3-11,14-15,22H,12-13,16,27H2,1-2H3,(H,28,31);3-4H,1-2H3/t22-;/m1./s1. The number of aryl methyl sites for hydroxylation is 2. The van der Waals surface area contributed by atoms with Gasteiger partial charge in [-0.1, -0.05) is 74.0 Å². The molecule has 2 amide bonds. The van der Waals surface area contributed by atoms with Crippen molar-refractivity contribution in [2.45, 2.75) is 46.2 Å². The van der Waals surface area contributed by atoms with Crippen molar-refractivity contribution in [1.29, 1.82) is 0 Å². The van der Waals surface area contributed by atoms with Crippen LogP contribution in [0.25, 0.3) is 11.1 Å². The van der Waals surface area contributed by atoms with Crippen molar-refractivity contribution in [3.63, 3.8) is 0 Å². The zero-order chi connectivity index (χ0) is 26.9. The van der Waals surface area contributed by atoms with E-state index in [9.17, 15) is 14.4 Å². The quantitative estimate of drug-likeness (QED) is 0.478. The summed E-state index contributed by atoms with van der Waals surface area (Å²) in [6, 6.07) is 21.0. The Balaban J connectivity index is 0.000000695. The van der Waals surface area contributed by atoms with Gasteiger partial charge in [0.1, 0.15) is 12.0 Å². The fraction of sp³-hybridized carbons (Fsp3) is 0.300. The lowest BCUT2D eigenvalue weighted by atomic mass is 10.0. The Morgan fingerprint density at radius 3 is 2.46 bits per heavy atom. The number of nitrogens with two attached hydrogens (primary N) is 1. The van der Waals surface area contributed by atoms with Crippen LogP contribution in [0.5, 0.6) is 5.75 Å². The third-order valence-corrected chi connectivity index (χ3v) is 6.01. The Morgan fingerprint density at radius 2 is 1.81 bits per heavy atom. The Labute approximate surface area is 218 Å². The minimum atomic E-state index is -0.515. The molecular formula is C30H35N3O4. The van der Waals surface area contributed by atoms with Crippen molar-refractivity contribution in [3.05, 3.63) is 83.4 Å². The number of nitrogens with one attached hydrogen (secondary N) is 1. The number of rotatable bonds is 5. The molecule has 0 aromatic heterocycles. The van der Waals surface area contributed by atoms with Gasteiger partial charge in [0.25, 0.3) is 0 Å². The Hall–Kier alpha value is -3.97. The van der Waals surface area contributed by atoms with Crippen molar-refractivity contribution in [1.82, 2.24) is 5.32 Å². The number of anilines is 1. The van der Waals surface area contributed by atoms with Gasteiger partial charge in [0.2, 0.25) is 5.91 Å². The monoisotopic (exact) mass is 501 g/mol. The highest BCUT2D eigenvalue weighted by atomic mass is 16.6. The van der Waals surface area contributed by atoms with Gasteiger partial charge in [0, 0.05) is 24.2 Å². The maximum atomic E-state index is 13.0. The second-order valence-corrected chi connectivity index (χ2v) is 9.41. The number of carbonyl (C=O) groups excluding carboxylic acids is 3. The average molecular weight is 502 g/mol. The second kappa shape index (κ2) is 12.8. The first-order chi connectivity index (χ1) is 17.7. The van der Waals surface area contributed by atoms with Gasteiger partial charge in [-0.25, -0.2) is 4.79 Å². The van der Waals surface area contributed by atoms with E-state index >= 15 is 0 Å². The van der Waals surface area contributed by atoms with Crippen LogP contribution in [0.1, 0.15) is 37.0 Å². The first-order valence-electron chi connectivity index (χ1n) is 12.4.